The van der Waals surface area contributed by atoms with Gasteiger partial charge < -0.3 is 19.7 Å². The maximum absolute atomic E-state index is 11.9. The van der Waals surface area contributed by atoms with Crippen molar-refractivity contribution in [3.8, 4) is 0 Å². The van der Waals surface area contributed by atoms with Gasteiger partial charge in [-0.1, -0.05) is 25.7 Å². The molecule has 1 aliphatic carbocycles. The summed E-state index contributed by atoms with van der Waals surface area (Å²) in [5.74, 6) is 0.929. The first-order valence-corrected chi connectivity index (χ1v) is 10.6. The van der Waals surface area contributed by atoms with Gasteiger partial charge in [0.15, 0.2) is 5.96 Å². The molecule has 150 valence electrons. The van der Waals surface area contributed by atoms with Crippen LogP contribution in [0.3, 0.4) is 0 Å². The number of piperidine rings is 1. The van der Waals surface area contributed by atoms with Gasteiger partial charge in [0.25, 0.3) is 0 Å². The van der Waals surface area contributed by atoms with Crippen molar-refractivity contribution in [2.45, 2.75) is 71.3 Å². The summed E-state index contributed by atoms with van der Waals surface area (Å²) in [7, 11) is 0. The predicted octanol–water partition coefficient (Wildman–Crippen LogP) is 2.97. The molecule has 0 amide bonds. The third kappa shape index (κ3) is 7.14. The molecule has 2 fully saturated rings. The molecule has 1 N–H and O–H groups in total. The number of nitrogens with one attached hydrogen (secondary N) is 1. The number of carbonyl (C=O) groups excluding carboxylic acids is 1. The van der Waals surface area contributed by atoms with Crippen LogP contribution in [0.5, 0.6) is 0 Å². The Balaban J connectivity index is 1.74. The van der Waals surface area contributed by atoms with Gasteiger partial charge in [0.2, 0.25) is 0 Å². The molecular formula is C20H37N3O3. The average Bonchev–Trinajstić information content (AvgIpc) is 2.93. The van der Waals surface area contributed by atoms with E-state index in [2.05, 4.69) is 17.1 Å². The number of hydrogen-bond acceptors (Lipinski definition) is 4. The van der Waals surface area contributed by atoms with Crippen LogP contribution in [0.25, 0.3) is 0 Å². The van der Waals surface area contributed by atoms with Crippen LogP contribution in [0.2, 0.25) is 0 Å². The molecule has 0 radical (unpaired) electrons. The van der Waals surface area contributed by atoms with Crippen molar-refractivity contribution in [3.05, 3.63) is 0 Å². The highest BCUT2D eigenvalue weighted by molar-refractivity contribution is 5.80. The van der Waals surface area contributed by atoms with Gasteiger partial charge in [0, 0.05) is 19.6 Å². The van der Waals surface area contributed by atoms with E-state index in [0.29, 0.717) is 25.9 Å². The third-order valence-electron chi connectivity index (χ3n) is 5.26. The topological polar surface area (TPSA) is 63.2 Å². The van der Waals surface area contributed by atoms with Crippen LogP contribution >= 0.6 is 0 Å². The lowest BCUT2D eigenvalue weighted by Gasteiger charge is -2.33. The fourth-order valence-electron chi connectivity index (χ4n) is 3.79. The molecule has 0 aromatic carbocycles. The quantitative estimate of drug-likeness (QED) is 0.246. The second kappa shape index (κ2) is 12.2. The number of likely N-dealkylation sites (tertiary alicyclic amines) is 1. The Morgan fingerprint density at radius 1 is 1.08 bits per heavy atom. The summed E-state index contributed by atoms with van der Waals surface area (Å²) in [5.41, 5.74) is 0. The maximum Gasteiger partial charge on any atom is 0.309 e. The average molecular weight is 368 g/mol. The zero-order valence-electron chi connectivity index (χ0n) is 16.7. The van der Waals surface area contributed by atoms with E-state index in [0.717, 1.165) is 38.4 Å². The summed E-state index contributed by atoms with van der Waals surface area (Å²) >= 11 is 0. The smallest absolute Gasteiger partial charge is 0.309 e. The lowest BCUT2D eigenvalue weighted by molar-refractivity contribution is -0.149. The molecule has 0 aromatic heterocycles. The van der Waals surface area contributed by atoms with Crippen molar-refractivity contribution in [2.75, 3.05) is 39.4 Å². The van der Waals surface area contributed by atoms with Gasteiger partial charge in [-0.3, -0.25) is 9.79 Å². The molecule has 26 heavy (non-hydrogen) atoms. The molecule has 2 aliphatic rings. The zero-order chi connectivity index (χ0) is 18.6. The van der Waals surface area contributed by atoms with Crippen molar-refractivity contribution in [3.63, 3.8) is 0 Å². The fraction of sp³-hybridized carbons (Fsp3) is 0.900. The van der Waals surface area contributed by atoms with Crippen molar-refractivity contribution in [1.29, 1.82) is 0 Å². The Kier molecular flexibility index (Phi) is 9.82. The molecule has 0 spiro atoms. The molecule has 6 heteroatoms. The second-order valence-electron chi connectivity index (χ2n) is 7.23. The molecule has 1 saturated carbocycles. The number of guanidine groups is 1. The third-order valence-corrected chi connectivity index (χ3v) is 5.26. The van der Waals surface area contributed by atoms with Crippen LogP contribution in [-0.2, 0) is 14.3 Å². The highest BCUT2D eigenvalue weighted by Crippen LogP contribution is 2.20. The SMILES string of the molecule is CCNC(=NCCOC1CCCCCC1)N1CCC(C(=O)OCC)CC1. The van der Waals surface area contributed by atoms with Gasteiger partial charge in [0.05, 0.1) is 31.8 Å². The number of hydrogen-bond donors (Lipinski definition) is 1. The number of carbonyl (C=O) groups is 1. The second-order valence-corrected chi connectivity index (χ2v) is 7.23. The molecule has 0 atom stereocenters. The highest BCUT2D eigenvalue weighted by atomic mass is 16.5. The van der Waals surface area contributed by atoms with E-state index in [9.17, 15) is 4.79 Å². The lowest BCUT2D eigenvalue weighted by Crippen LogP contribution is -2.46. The minimum atomic E-state index is -0.0501. The number of esters is 1. The first-order valence-electron chi connectivity index (χ1n) is 10.6. The Hall–Kier alpha value is -1.30. The van der Waals surface area contributed by atoms with Crippen molar-refractivity contribution in [1.82, 2.24) is 10.2 Å². The van der Waals surface area contributed by atoms with Gasteiger partial charge in [-0.25, -0.2) is 0 Å². The molecule has 2 rings (SSSR count). The van der Waals surface area contributed by atoms with Crippen LogP contribution in [0, 0.1) is 5.92 Å². The van der Waals surface area contributed by atoms with Crippen molar-refractivity contribution < 1.29 is 14.3 Å². The highest BCUT2D eigenvalue weighted by Gasteiger charge is 2.27. The van der Waals surface area contributed by atoms with E-state index >= 15 is 0 Å². The number of ether oxygens (including phenoxy) is 2. The minimum absolute atomic E-state index is 0.0349. The van der Waals surface area contributed by atoms with E-state index in [1.165, 1.54) is 38.5 Å². The molecule has 0 unspecified atom stereocenters. The van der Waals surface area contributed by atoms with Gasteiger partial charge in [-0.2, -0.15) is 0 Å². The first-order chi connectivity index (χ1) is 12.7. The van der Waals surface area contributed by atoms with Crippen LogP contribution in [0.15, 0.2) is 4.99 Å². The first kappa shape index (κ1) is 21.0. The van der Waals surface area contributed by atoms with Crippen LogP contribution in [-0.4, -0.2) is 62.3 Å². The molecule has 0 aromatic rings. The van der Waals surface area contributed by atoms with E-state index < -0.39 is 0 Å². The Bertz CT molecular complexity index is 426. The molecule has 1 aliphatic heterocycles. The fourth-order valence-corrected chi connectivity index (χ4v) is 3.79. The summed E-state index contributed by atoms with van der Waals surface area (Å²) in [6, 6.07) is 0. The summed E-state index contributed by atoms with van der Waals surface area (Å²) in [6.45, 7) is 8.33. The van der Waals surface area contributed by atoms with Crippen LogP contribution in [0.1, 0.15) is 65.2 Å². The van der Waals surface area contributed by atoms with E-state index in [1.807, 2.05) is 6.92 Å². The monoisotopic (exact) mass is 367 g/mol. The Morgan fingerprint density at radius 3 is 2.38 bits per heavy atom. The summed E-state index contributed by atoms with van der Waals surface area (Å²) < 4.78 is 11.2. The standard InChI is InChI=1S/C20H37N3O3/c1-3-21-20(22-13-16-26-18-9-7-5-6-8-10-18)23-14-11-17(12-15-23)19(24)25-4-2/h17-18H,3-16H2,1-2H3,(H,21,22). The Labute approximate surface area is 158 Å². The lowest BCUT2D eigenvalue weighted by atomic mass is 9.97. The van der Waals surface area contributed by atoms with E-state index in [1.54, 1.807) is 0 Å². The largest absolute Gasteiger partial charge is 0.466 e. The van der Waals surface area contributed by atoms with Crippen LogP contribution < -0.4 is 5.32 Å². The summed E-state index contributed by atoms with van der Waals surface area (Å²) in [6.07, 6.45) is 9.79. The molecular weight excluding hydrogens is 330 g/mol. The molecule has 0 bridgehead atoms. The summed E-state index contributed by atoms with van der Waals surface area (Å²) in [5, 5.41) is 3.37. The van der Waals surface area contributed by atoms with Crippen LogP contribution in [0.4, 0.5) is 0 Å². The van der Waals surface area contributed by atoms with E-state index in [4.69, 9.17) is 14.5 Å². The predicted molar refractivity (Wildman–Crippen MR) is 104 cm³/mol. The zero-order valence-corrected chi connectivity index (χ0v) is 16.7. The van der Waals surface area contributed by atoms with E-state index in [-0.39, 0.29) is 11.9 Å². The molecule has 1 saturated heterocycles. The molecule has 1 heterocycles. The minimum Gasteiger partial charge on any atom is -0.466 e. The van der Waals surface area contributed by atoms with Crippen molar-refractivity contribution >= 4 is 11.9 Å². The molecule has 6 nitrogen and oxygen atoms in total. The number of nitrogens with zero attached hydrogens (tertiary/aromatic N) is 2. The number of rotatable bonds is 7. The van der Waals surface area contributed by atoms with Gasteiger partial charge in [-0.15, -0.1) is 0 Å². The Morgan fingerprint density at radius 2 is 1.77 bits per heavy atom. The van der Waals surface area contributed by atoms with Gasteiger partial charge in [-0.05, 0) is 39.5 Å². The van der Waals surface area contributed by atoms with Gasteiger partial charge in [0.1, 0.15) is 0 Å². The summed E-state index contributed by atoms with van der Waals surface area (Å²) in [4.78, 5) is 18.9. The van der Waals surface area contributed by atoms with Crippen molar-refractivity contribution in [2.24, 2.45) is 10.9 Å². The number of aliphatic imine (C=N–C) groups is 1. The van der Waals surface area contributed by atoms with Gasteiger partial charge >= 0.3 is 5.97 Å². The normalized spacial score (nSPS) is 20.7. The maximum atomic E-state index is 11.9.